The maximum atomic E-state index is 4.53. The summed E-state index contributed by atoms with van der Waals surface area (Å²) in [5.41, 5.74) is 0. The molecule has 0 spiro atoms. The first-order chi connectivity index (χ1) is 10.1. The summed E-state index contributed by atoms with van der Waals surface area (Å²) in [6.45, 7) is 9.73. The molecule has 0 aliphatic heterocycles. The van der Waals surface area contributed by atoms with E-state index in [0.717, 1.165) is 37.8 Å². The van der Waals surface area contributed by atoms with E-state index >= 15 is 0 Å². The molecule has 0 aromatic carbocycles. The van der Waals surface area contributed by atoms with Gasteiger partial charge in [0.25, 0.3) is 0 Å². The van der Waals surface area contributed by atoms with Gasteiger partial charge in [0.2, 0.25) is 0 Å². The third kappa shape index (κ3) is 7.39. The molecule has 0 bridgehead atoms. The highest BCUT2D eigenvalue weighted by Gasteiger charge is 2.06. The molecular formula is C14H30IN7. The lowest BCUT2D eigenvalue weighted by molar-refractivity contribution is 0.255. The van der Waals surface area contributed by atoms with Crippen LogP contribution in [0.1, 0.15) is 33.0 Å². The lowest BCUT2D eigenvalue weighted by atomic mass is 10.2. The van der Waals surface area contributed by atoms with E-state index < -0.39 is 0 Å². The Morgan fingerprint density at radius 1 is 1.41 bits per heavy atom. The molecule has 1 aromatic rings. The standard InChI is InChI=1S/C14H29N7.HI/c1-6-12(3)20(4)9-8-16-14(15-7-2)17-10-13-18-11-19-21(13)5;/h11-12H,6-10H2,1-5H3,(H2,15,16,17);1H. The third-order valence-corrected chi connectivity index (χ3v) is 3.63. The number of aryl methyl sites for hydroxylation is 1. The Labute approximate surface area is 151 Å². The van der Waals surface area contributed by atoms with Crippen LogP contribution in [0.25, 0.3) is 0 Å². The quantitative estimate of drug-likeness (QED) is 0.374. The lowest BCUT2D eigenvalue weighted by Crippen LogP contribution is -2.42. The van der Waals surface area contributed by atoms with Crippen molar-refractivity contribution >= 4 is 29.9 Å². The summed E-state index contributed by atoms with van der Waals surface area (Å²) in [6, 6.07) is 0.602. The molecule has 1 unspecified atom stereocenters. The molecule has 0 saturated heterocycles. The number of likely N-dealkylation sites (N-methyl/N-ethyl adjacent to an activating group) is 1. The van der Waals surface area contributed by atoms with Crippen LogP contribution < -0.4 is 10.6 Å². The molecule has 1 aromatic heterocycles. The zero-order valence-electron chi connectivity index (χ0n) is 14.3. The van der Waals surface area contributed by atoms with Crippen LogP contribution in [0, 0.1) is 0 Å². The van der Waals surface area contributed by atoms with Crippen LogP contribution >= 0.6 is 24.0 Å². The number of hydrogen-bond donors (Lipinski definition) is 2. The molecule has 0 amide bonds. The fourth-order valence-corrected chi connectivity index (χ4v) is 1.84. The van der Waals surface area contributed by atoms with Crippen molar-refractivity contribution in [1.29, 1.82) is 0 Å². The molecule has 1 atom stereocenters. The van der Waals surface area contributed by atoms with Gasteiger partial charge in [-0.3, -0.25) is 4.68 Å². The molecular weight excluding hydrogens is 393 g/mol. The van der Waals surface area contributed by atoms with Crippen LogP contribution in [0.15, 0.2) is 11.3 Å². The molecule has 0 radical (unpaired) electrons. The van der Waals surface area contributed by atoms with E-state index in [9.17, 15) is 0 Å². The van der Waals surface area contributed by atoms with E-state index in [0.29, 0.717) is 12.6 Å². The highest BCUT2D eigenvalue weighted by molar-refractivity contribution is 14.0. The predicted molar refractivity (Wildman–Crippen MR) is 102 cm³/mol. The zero-order valence-corrected chi connectivity index (χ0v) is 16.7. The van der Waals surface area contributed by atoms with Gasteiger partial charge in [-0.2, -0.15) is 5.10 Å². The molecule has 128 valence electrons. The summed E-state index contributed by atoms with van der Waals surface area (Å²) < 4.78 is 1.74. The first-order valence-electron chi connectivity index (χ1n) is 7.63. The molecule has 0 aliphatic rings. The summed E-state index contributed by atoms with van der Waals surface area (Å²) in [5.74, 6) is 1.67. The fourth-order valence-electron chi connectivity index (χ4n) is 1.84. The highest BCUT2D eigenvalue weighted by Crippen LogP contribution is 1.98. The van der Waals surface area contributed by atoms with Crippen LogP contribution in [-0.2, 0) is 13.6 Å². The molecule has 0 fully saturated rings. The second-order valence-corrected chi connectivity index (χ2v) is 5.16. The Bertz CT molecular complexity index is 433. The largest absolute Gasteiger partial charge is 0.357 e. The lowest BCUT2D eigenvalue weighted by Gasteiger charge is -2.23. The van der Waals surface area contributed by atoms with Gasteiger partial charge in [-0.25, -0.2) is 9.98 Å². The number of aliphatic imine (C=N–C) groups is 1. The molecule has 7 nitrogen and oxygen atoms in total. The van der Waals surface area contributed by atoms with Crippen LogP contribution in [-0.4, -0.2) is 58.3 Å². The minimum Gasteiger partial charge on any atom is -0.357 e. The van der Waals surface area contributed by atoms with Gasteiger partial charge in [0.05, 0.1) is 0 Å². The van der Waals surface area contributed by atoms with Crippen LogP contribution in [0.4, 0.5) is 0 Å². The Morgan fingerprint density at radius 2 is 2.14 bits per heavy atom. The average molecular weight is 423 g/mol. The molecule has 0 aliphatic carbocycles. The van der Waals surface area contributed by atoms with E-state index in [4.69, 9.17) is 0 Å². The molecule has 2 N–H and O–H groups in total. The smallest absolute Gasteiger partial charge is 0.191 e. The molecule has 1 rings (SSSR count). The fraction of sp³-hybridized carbons (Fsp3) is 0.786. The third-order valence-electron chi connectivity index (χ3n) is 3.63. The van der Waals surface area contributed by atoms with Crippen LogP contribution in [0.2, 0.25) is 0 Å². The molecule has 1 heterocycles. The van der Waals surface area contributed by atoms with Gasteiger partial charge in [-0.15, -0.1) is 24.0 Å². The SMILES string of the molecule is CCNC(=NCc1ncnn1C)NCCN(C)C(C)CC.I. The minimum atomic E-state index is 0. The first-order valence-corrected chi connectivity index (χ1v) is 7.63. The molecule has 0 saturated carbocycles. The second-order valence-electron chi connectivity index (χ2n) is 5.16. The van der Waals surface area contributed by atoms with Gasteiger partial charge in [0.1, 0.15) is 18.7 Å². The van der Waals surface area contributed by atoms with Gasteiger partial charge < -0.3 is 15.5 Å². The van der Waals surface area contributed by atoms with E-state index in [2.05, 4.69) is 58.4 Å². The number of hydrogen-bond acceptors (Lipinski definition) is 4. The summed E-state index contributed by atoms with van der Waals surface area (Å²) >= 11 is 0. The van der Waals surface area contributed by atoms with E-state index in [1.54, 1.807) is 11.0 Å². The van der Waals surface area contributed by atoms with Gasteiger partial charge >= 0.3 is 0 Å². The van der Waals surface area contributed by atoms with Gasteiger partial charge in [-0.1, -0.05) is 6.92 Å². The average Bonchev–Trinajstić information content (AvgIpc) is 2.89. The summed E-state index contributed by atoms with van der Waals surface area (Å²) in [7, 11) is 4.03. The maximum Gasteiger partial charge on any atom is 0.191 e. The van der Waals surface area contributed by atoms with Gasteiger partial charge in [0.15, 0.2) is 5.96 Å². The van der Waals surface area contributed by atoms with Crippen molar-refractivity contribution in [3.05, 3.63) is 12.2 Å². The number of halogens is 1. The topological polar surface area (TPSA) is 70.4 Å². The Kier molecular flexibility index (Phi) is 11.2. The second kappa shape index (κ2) is 11.6. The van der Waals surface area contributed by atoms with Crippen molar-refractivity contribution in [2.75, 3.05) is 26.7 Å². The van der Waals surface area contributed by atoms with Crippen LogP contribution in [0.5, 0.6) is 0 Å². The minimum absolute atomic E-state index is 0. The van der Waals surface area contributed by atoms with Crippen molar-refractivity contribution in [1.82, 2.24) is 30.3 Å². The predicted octanol–water partition coefficient (Wildman–Crippen LogP) is 1.22. The van der Waals surface area contributed by atoms with Crippen molar-refractivity contribution in [3.8, 4) is 0 Å². The first kappa shape index (κ1) is 21.1. The molecule has 8 heteroatoms. The van der Waals surface area contributed by atoms with E-state index in [-0.39, 0.29) is 24.0 Å². The van der Waals surface area contributed by atoms with Crippen molar-refractivity contribution < 1.29 is 0 Å². The number of nitrogens with zero attached hydrogens (tertiary/aromatic N) is 5. The Hall–Kier alpha value is -0.900. The van der Waals surface area contributed by atoms with Crippen molar-refractivity contribution in [2.24, 2.45) is 12.0 Å². The zero-order chi connectivity index (χ0) is 15.7. The number of rotatable bonds is 8. The summed E-state index contributed by atoms with van der Waals surface area (Å²) in [5, 5.41) is 10.6. The monoisotopic (exact) mass is 423 g/mol. The number of guanidine groups is 1. The van der Waals surface area contributed by atoms with Crippen LogP contribution in [0.3, 0.4) is 0 Å². The summed E-state index contributed by atoms with van der Waals surface area (Å²) in [4.78, 5) is 11.0. The summed E-state index contributed by atoms with van der Waals surface area (Å²) in [6.07, 6.45) is 2.71. The van der Waals surface area contributed by atoms with Gasteiger partial charge in [-0.05, 0) is 27.3 Å². The van der Waals surface area contributed by atoms with Gasteiger partial charge in [0, 0.05) is 32.7 Å². The molecule has 22 heavy (non-hydrogen) atoms. The van der Waals surface area contributed by atoms with E-state index in [1.807, 2.05) is 7.05 Å². The van der Waals surface area contributed by atoms with E-state index in [1.165, 1.54) is 0 Å². The Morgan fingerprint density at radius 3 is 2.68 bits per heavy atom. The normalized spacial score (nSPS) is 12.9. The van der Waals surface area contributed by atoms with Crippen molar-refractivity contribution in [2.45, 2.75) is 39.8 Å². The van der Waals surface area contributed by atoms with Crippen molar-refractivity contribution in [3.63, 3.8) is 0 Å². The highest BCUT2D eigenvalue weighted by atomic mass is 127. The Balaban J connectivity index is 0.00000441. The maximum absolute atomic E-state index is 4.53. The number of nitrogens with one attached hydrogen (secondary N) is 2. The number of aromatic nitrogens is 3.